The van der Waals surface area contributed by atoms with E-state index >= 15 is 0 Å². The summed E-state index contributed by atoms with van der Waals surface area (Å²) in [5.41, 5.74) is 4.59. The highest BCUT2D eigenvalue weighted by Gasteiger charge is 2.08. The maximum Gasteiger partial charge on any atom is 0.133 e. The first-order valence-electron chi connectivity index (χ1n) is 6.82. The topological polar surface area (TPSA) is 37.8 Å². The van der Waals surface area contributed by atoms with Gasteiger partial charge < -0.3 is 5.32 Å². The van der Waals surface area contributed by atoms with Gasteiger partial charge in [-0.1, -0.05) is 23.7 Å². The molecule has 0 unspecified atom stereocenters. The number of rotatable bonds is 5. The van der Waals surface area contributed by atoms with Gasteiger partial charge in [-0.15, -0.1) is 0 Å². The second-order valence-corrected chi connectivity index (χ2v) is 5.38. The molecule has 20 heavy (non-hydrogen) atoms. The first-order chi connectivity index (χ1) is 9.60. The summed E-state index contributed by atoms with van der Waals surface area (Å²) in [6.07, 6.45) is 1.71. The molecule has 0 fully saturated rings. The van der Waals surface area contributed by atoms with Crippen LogP contribution >= 0.6 is 11.6 Å². The van der Waals surface area contributed by atoms with Gasteiger partial charge in [0.25, 0.3) is 0 Å². The van der Waals surface area contributed by atoms with Crippen molar-refractivity contribution in [1.29, 1.82) is 0 Å². The maximum absolute atomic E-state index is 5.90. The highest BCUT2D eigenvalue weighted by atomic mass is 35.5. The average Bonchev–Trinajstić information content (AvgIpc) is 2.41. The minimum absolute atomic E-state index is 0.741. The molecule has 0 radical (unpaired) electrons. The van der Waals surface area contributed by atoms with E-state index in [-0.39, 0.29) is 0 Å². The van der Waals surface area contributed by atoms with E-state index in [9.17, 15) is 0 Å². The number of halogens is 1. The van der Waals surface area contributed by atoms with Gasteiger partial charge in [0, 0.05) is 22.8 Å². The molecule has 0 aliphatic rings. The summed E-state index contributed by atoms with van der Waals surface area (Å²) in [5, 5.41) is 3.92. The third-order valence-electron chi connectivity index (χ3n) is 3.37. The van der Waals surface area contributed by atoms with E-state index in [1.165, 1.54) is 11.1 Å². The van der Waals surface area contributed by atoms with Crippen molar-refractivity contribution in [2.45, 2.75) is 26.7 Å². The van der Waals surface area contributed by atoms with Crippen LogP contribution in [0.4, 0.5) is 0 Å². The lowest BCUT2D eigenvalue weighted by atomic mass is 10.1. The highest BCUT2D eigenvalue weighted by Crippen LogP contribution is 2.15. The molecule has 0 saturated carbocycles. The minimum Gasteiger partial charge on any atom is -0.319 e. The quantitative estimate of drug-likeness (QED) is 0.919. The largest absolute Gasteiger partial charge is 0.319 e. The van der Waals surface area contributed by atoms with Crippen LogP contribution < -0.4 is 5.32 Å². The molecule has 4 heteroatoms. The Labute approximate surface area is 125 Å². The predicted molar refractivity (Wildman–Crippen MR) is 83.4 cm³/mol. The number of likely N-dealkylation sites (N-methyl/N-ethyl adjacent to an activating group) is 1. The van der Waals surface area contributed by atoms with Crippen LogP contribution in [0.2, 0.25) is 5.02 Å². The Morgan fingerprint density at radius 2 is 1.65 bits per heavy atom. The van der Waals surface area contributed by atoms with E-state index in [1.54, 1.807) is 0 Å². The molecule has 0 aliphatic heterocycles. The van der Waals surface area contributed by atoms with Crippen molar-refractivity contribution < 1.29 is 0 Å². The zero-order valence-electron chi connectivity index (χ0n) is 12.2. The van der Waals surface area contributed by atoms with E-state index in [0.29, 0.717) is 0 Å². The van der Waals surface area contributed by atoms with Gasteiger partial charge in [0.1, 0.15) is 5.82 Å². The van der Waals surface area contributed by atoms with Gasteiger partial charge in [0.15, 0.2) is 0 Å². The highest BCUT2D eigenvalue weighted by molar-refractivity contribution is 6.30. The number of nitrogens with zero attached hydrogens (tertiary/aromatic N) is 2. The Bertz CT molecular complexity index is 556. The van der Waals surface area contributed by atoms with Crippen molar-refractivity contribution in [2.75, 3.05) is 13.6 Å². The molecular formula is C16H20ClN3. The lowest BCUT2D eigenvalue weighted by molar-refractivity contribution is 0.766. The Hall–Kier alpha value is -1.45. The molecule has 1 N–H and O–H groups in total. The molecule has 0 spiro atoms. The standard InChI is InChI=1S/C16H20ClN3/c1-11-15(8-9-18-3)12(2)20-16(19-11)10-13-4-6-14(17)7-5-13/h4-7,18H,8-10H2,1-3H3. The van der Waals surface area contributed by atoms with E-state index in [2.05, 4.69) is 29.1 Å². The van der Waals surface area contributed by atoms with Crippen LogP contribution in [0.3, 0.4) is 0 Å². The zero-order chi connectivity index (χ0) is 14.5. The van der Waals surface area contributed by atoms with Gasteiger partial charge >= 0.3 is 0 Å². The van der Waals surface area contributed by atoms with Crippen molar-refractivity contribution in [3.63, 3.8) is 0 Å². The predicted octanol–water partition coefficient (Wildman–Crippen LogP) is 3.10. The zero-order valence-corrected chi connectivity index (χ0v) is 13.0. The summed E-state index contributed by atoms with van der Waals surface area (Å²) in [4.78, 5) is 9.27. The first-order valence-corrected chi connectivity index (χ1v) is 7.20. The van der Waals surface area contributed by atoms with Crippen molar-refractivity contribution in [1.82, 2.24) is 15.3 Å². The summed E-state index contributed by atoms with van der Waals surface area (Å²) in [6.45, 7) is 5.07. The third kappa shape index (κ3) is 3.78. The number of hydrogen-bond donors (Lipinski definition) is 1. The Morgan fingerprint density at radius 1 is 1.05 bits per heavy atom. The third-order valence-corrected chi connectivity index (χ3v) is 3.62. The van der Waals surface area contributed by atoms with Crippen molar-refractivity contribution >= 4 is 11.6 Å². The SMILES string of the molecule is CNCCc1c(C)nc(Cc2ccc(Cl)cc2)nc1C. The van der Waals surface area contributed by atoms with Gasteiger partial charge in [0.2, 0.25) is 0 Å². The average molecular weight is 290 g/mol. The monoisotopic (exact) mass is 289 g/mol. The summed E-state index contributed by atoms with van der Waals surface area (Å²) in [6, 6.07) is 7.84. The fourth-order valence-electron chi connectivity index (χ4n) is 2.28. The molecule has 1 aromatic carbocycles. The van der Waals surface area contributed by atoms with Gasteiger partial charge in [0.05, 0.1) is 0 Å². The molecule has 2 rings (SSSR count). The van der Waals surface area contributed by atoms with Crippen molar-refractivity contribution in [3.8, 4) is 0 Å². The number of hydrogen-bond acceptors (Lipinski definition) is 3. The number of nitrogens with one attached hydrogen (secondary N) is 1. The van der Waals surface area contributed by atoms with Crippen molar-refractivity contribution in [3.05, 3.63) is 57.6 Å². The number of aryl methyl sites for hydroxylation is 2. The van der Waals surface area contributed by atoms with Crippen LogP contribution in [0.25, 0.3) is 0 Å². The lowest BCUT2D eigenvalue weighted by Crippen LogP contribution is -2.14. The second-order valence-electron chi connectivity index (χ2n) is 4.95. The van der Waals surface area contributed by atoms with Gasteiger partial charge in [-0.2, -0.15) is 0 Å². The fourth-order valence-corrected chi connectivity index (χ4v) is 2.41. The maximum atomic E-state index is 5.90. The van der Waals surface area contributed by atoms with E-state index in [1.807, 2.05) is 31.3 Å². The van der Waals surface area contributed by atoms with Gasteiger partial charge in [-0.25, -0.2) is 9.97 Å². The molecule has 0 aliphatic carbocycles. The molecule has 0 bridgehead atoms. The molecule has 1 heterocycles. The van der Waals surface area contributed by atoms with E-state index < -0.39 is 0 Å². The van der Waals surface area contributed by atoms with Gasteiger partial charge in [-0.3, -0.25) is 0 Å². The van der Waals surface area contributed by atoms with Crippen LogP contribution in [-0.4, -0.2) is 23.6 Å². The van der Waals surface area contributed by atoms with Gasteiger partial charge in [-0.05, 0) is 57.1 Å². The second kappa shape index (κ2) is 6.82. The molecule has 1 aromatic heterocycles. The number of benzene rings is 1. The van der Waals surface area contributed by atoms with E-state index in [0.717, 1.165) is 41.6 Å². The number of aromatic nitrogens is 2. The summed E-state index contributed by atoms with van der Waals surface area (Å²) in [5.74, 6) is 0.871. The Morgan fingerprint density at radius 3 is 2.20 bits per heavy atom. The Kier molecular flexibility index (Phi) is 5.10. The van der Waals surface area contributed by atoms with Crippen LogP contribution in [0, 0.1) is 13.8 Å². The normalized spacial score (nSPS) is 10.8. The fraction of sp³-hybridized carbons (Fsp3) is 0.375. The van der Waals surface area contributed by atoms with Crippen molar-refractivity contribution in [2.24, 2.45) is 0 Å². The van der Waals surface area contributed by atoms with Crippen LogP contribution in [-0.2, 0) is 12.8 Å². The van der Waals surface area contributed by atoms with Crippen LogP contribution in [0.1, 0.15) is 28.3 Å². The molecule has 0 saturated heterocycles. The summed E-state index contributed by atoms with van der Waals surface area (Å²) < 4.78 is 0. The molecule has 0 amide bonds. The minimum atomic E-state index is 0.741. The summed E-state index contributed by atoms with van der Waals surface area (Å²) >= 11 is 5.90. The first kappa shape index (κ1) is 14.9. The molecule has 2 aromatic rings. The molecule has 3 nitrogen and oxygen atoms in total. The Balaban J connectivity index is 2.19. The van der Waals surface area contributed by atoms with Crippen LogP contribution in [0.15, 0.2) is 24.3 Å². The van der Waals surface area contributed by atoms with Crippen LogP contribution in [0.5, 0.6) is 0 Å². The molecule has 106 valence electrons. The smallest absolute Gasteiger partial charge is 0.133 e. The van der Waals surface area contributed by atoms with E-state index in [4.69, 9.17) is 11.6 Å². The molecular weight excluding hydrogens is 270 g/mol. The lowest BCUT2D eigenvalue weighted by Gasteiger charge is -2.11. The summed E-state index contributed by atoms with van der Waals surface area (Å²) in [7, 11) is 1.96. The molecule has 0 atom stereocenters.